The monoisotopic (exact) mass is 579 g/mol. The summed E-state index contributed by atoms with van der Waals surface area (Å²) in [6.45, 7) is 4.67. The van der Waals surface area contributed by atoms with Crippen LogP contribution in [0.4, 0.5) is 11.4 Å². The second kappa shape index (κ2) is 12.9. The maximum atomic E-state index is 14.3. The lowest BCUT2D eigenvalue weighted by Gasteiger charge is -2.30. The molecule has 1 aliphatic carbocycles. The molecule has 2 aromatic heterocycles. The standard InChI is InChI=1S/C30H37N5O5S/c1-18-8-6-11-21(16-18)35(26(23-14-13-19(2)40-23)29(37)32-17-22-12-7-15-39-22)30(38)27-24(31)25(34-41-27)28(36)33-20-9-4-3-5-10-20/h6,8,11,13-14,16,20,22,26H,3-5,7,9-10,12,15,17,31H2,1-2H3,(H,32,37)(H,33,36)/t22-,26+/m1/s1. The van der Waals surface area contributed by atoms with E-state index in [1.165, 1.54) is 4.90 Å². The number of rotatable bonds is 9. The molecule has 11 heteroatoms. The van der Waals surface area contributed by atoms with Crippen LogP contribution in [-0.2, 0) is 9.53 Å². The number of ether oxygens (including phenoxy) is 1. The molecule has 0 spiro atoms. The van der Waals surface area contributed by atoms with Crippen molar-refractivity contribution >= 4 is 40.6 Å². The van der Waals surface area contributed by atoms with Gasteiger partial charge in [-0.3, -0.25) is 19.3 Å². The van der Waals surface area contributed by atoms with Crippen molar-refractivity contribution in [3.05, 3.63) is 64.1 Å². The topological polar surface area (TPSA) is 140 Å². The molecule has 2 atom stereocenters. The molecule has 3 aromatic rings. The number of nitrogen functional groups attached to an aromatic ring is 1. The van der Waals surface area contributed by atoms with Gasteiger partial charge in [0.2, 0.25) is 0 Å². The highest BCUT2D eigenvalue weighted by atomic mass is 32.1. The van der Waals surface area contributed by atoms with Crippen molar-refractivity contribution in [2.75, 3.05) is 23.8 Å². The van der Waals surface area contributed by atoms with Crippen LogP contribution in [0.1, 0.15) is 88.2 Å². The van der Waals surface area contributed by atoms with E-state index in [4.69, 9.17) is 14.9 Å². The van der Waals surface area contributed by atoms with Crippen LogP contribution < -0.4 is 21.3 Å². The molecule has 2 fully saturated rings. The second-order valence-corrected chi connectivity index (χ2v) is 11.6. The molecule has 0 unspecified atom stereocenters. The highest BCUT2D eigenvalue weighted by molar-refractivity contribution is 7.09. The molecule has 41 heavy (non-hydrogen) atoms. The number of nitrogens with one attached hydrogen (secondary N) is 2. The summed E-state index contributed by atoms with van der Waals surface area (Å²) in [7, 11) is 0. The minimum Gasteiger partial charge on any atom is -0.464 e. The number of carbonyl (C=O) groups is 3. The third-order valence-electron chi connectivity index (χ3n) is 7.64. The number of aryl methyl sites for hydroxylation is 2. The van der Waals surface area contributed by atoms with Gasteiger partial charge in [0.25, 0.3) is 17.7 Å². The van der Waals surface area contributed by atoms with Gasteiger partial charge in [-0.2, -0.15) is 4.37 Å². The summed E-state index contributed by atoms with van der Waals surface area (Å²) in [5.74, 6) is -0.441. The van der Waals surface area contributed by atoms with Crippen LogP contribution in [-0.4, -0.2) is 47.4 Å². The van der Waals surface area contributed by atoms with E-state index in [0.717, 1.165) is 62.0 Å². The van der Waals surface area contributed by atoms with Gasteiger partial charge in [0.15, 0.2) is 11.7 Å². The molecule has 1 saturated heterocycles. The van der Waals surface area contributed by atoms with Crippen LogP contribution in [0.25, 0.3) is 0 Å². The number of nitrogens with two attached hydrogens (primary N) is 1. The van der Waals surface area contributed by atoms with Gasteiger partial charge in [0.1, 0.15) is 16.4 Å². The van der Waals surface area contributed by atoms with Gasteiger partial charge in [-0.05, 0) is 80.9 Å². The maximum absolute atomic E-state index is 14.3. The van der Waals surface area contributed by atoms with Crippen LogP contribution in [0.5, 0.6) is 0 Å². The van der Waals surface area contributed by atoms with Gasteiger partial charge >= 0.3 is 0 Å². The van der Waals surface area contributed by atoms with Gasteiger partial charge in [0, 0.05) is 24.9 Å². The number of benzene rings is 1. The molecule has 0 bridgehead atoms. The van der Waals surface area contributed by atoms with E-state index in [0.29, 0.717) is 30.4 Å². The molecule has 3 amide bonds. The van der Waals surface area contributed by atoms with E-state index in [2.05, 4.69) is 15.0 Å². The van der Waals surface area contributed by atoms with Crippen molar-refractivity contribution < 1.29 is 23.5 Å². The van der Waals surface area contributed by atoms with Crippen molar-refractivity contribution in [2.24, 2.45) is 0 Å². The summed E-state index contributed by atoms with van der Waals surface area (Å²) in [6.07, 6.45) is 6.83. The summed E-state index contributed by atoms with van der Waals surface area (Å²) in [4.78, 5) is 42.7. The van der Waals surface area contributed by atoms with Crippen LogP contribution in [0, 0.1) is 13.8 Å². The lowest BCUT2D eigenvalue weighted by atomic mass is 9.95. The summed E-state index contributed by atoms with van der Waals surface area (Å²) in [5.41, 5.74) is 7.84. The Hall–Kier alpha value is -3.70. The van der Waals surface area contributed by atoms with Crippen LogP contribution in [0.2, 0.25) is 0 Å². The third kappa shape index (κ3) is 6.62. The first-order valence-corrected chi connectivity index (χ1v) is 15.0. The molecule has 10 nitrogen and oxygen atoms in total. The Morgan fingerprint density at radius 1 is 1.10 bits per heavy atom. The lowest BCUT2D eigenvalue weighted by molar-refractivity contribution is -0.123. The van der Waals surface area contributed by atoms with E-state index < -0.39 is 17.9 Å². The fraction of sp³-hybridized carbons (Fsp3) is 0.467. The zero-order valence-electron chi connectivity index (χ0n) is 23.5. The normalized spacial score (nSPS) is 18.1. The molecule has 2 aliphatic rings. The Balaban J connectivity index is 1.49. The van der Waals surface area contributed by atoms with Crippen molar-refractivity contribution in [1.29, 1.82) is 0 Å². The maximum Gasteiger partial charge on any atom is 0.273 e. The first-order valence-electron chi connectivity index (χ1n) is 14.2. The van der Waals surface area contributed by atoms with Gasteiger partial charge in [-0.25, -0.2) is 0 Å². The van der Waals surface area contributed by atoms with Crippen molar-refractivity contribution in [1.82, 2.24) is 15.0 Å². The van der Waals surface area contributed by atoms with E-state index in [1.807, 2.05) is 25.1 Å². The Labute approximate surface area is 243 Å². The molecule has 218 valence electrons. The first kappa shape index (κ1) is 28.8. The third-order valence-corrected chi connectivity index (χ3v) is 8.49. The molecule has 1 aromatic carbocycles. The molecule has 3 heterocycles. The predicted molar refractivity (Wildman–Crippen MR) is 157 cm³/mol. The van der Waals surface area contributed by atoms with E-state index in [1.54, 1.807) is 25.1 Å². The Morgan fingerprint density at radius 3 is 2.59 bits per heavy atom. The quantitative estimate of drug-likeness (QED) is 0.334. The molecule has 1 saturated carbocycles. The number of nitrogens with zero attached hydrogens (tertiary/aromatic N) is 2. The Morgan fingerprint density at radius 2 is 1.90 bits per heavy atom. The minimum atomic E-state index is -1.14. The zero-order chi connectivity index (χ0) is 28.9. The zero-order valence-corrected chi connectivity index (χ0v) is 24.3. The molecule has 1 aliphatic heterocycles. The molecular weight excluding hydrogens is 542 g/mol. The van der Waals surface area contributed by atoms with E-state index >= 15 is 0 Å². The van der Waals surface area contributed by atoms with Crippen LogP contribution in [0.15, 0.2) is 40.8 Å². The average Bonchev–Trinajstić information content (AvgIpc) is 3.72. The summed E-state index contributed by atoms with van der Waals surface area (Å²) in [5, 5.41) is 5.98. The van der Waals surface area contributed by atoms with E-state index in [-0.39, 0.29) is 34.3 Å². The number of hydrogen-bond donors (Lipinski definition) is 3. The van der Waals surface area contributed by atoms with Gasteiger partial charge < -0.3 is 25.5 Å². The van der Waals surface area contributed by atoms with Crippen molar-refractivity contribution in [2.45, 2.75) is 77.0 Å². The predicted octanol–water partition coefficient (Wildman–Crippen LogP) is 4.68. The van der Waals surface area contributed by atoms with Crippen LogP contribution >= 0.6 is 11.5 Å². The van der Waals surface area contributed by atoms with Crippen molar-refractivity contribution in [3.63, 3.8) is 0 Å². The fourth-order valence-corrected chi connectivity index (χ4v) is 6.21. The lowest BCUT2D eigenvalue weighted by Crippen LogP contribution is -2.45. The molecular formula is C30H37N5O5S. The molecule has 5 rings (SSSR count). The second-order valence-electron chi connectivity index (χ2n) is 10.8. The number of hydrogen-bond acceptors (Lipinski definition) is 8. The first-order chi connectivity index (χ1) is 19.8. The van der Waals surface area contributed by atoms with E-state index in [9.17, 15) is 14.4 Å². The van der Waals surface area contributed by atoms with Gasteiger partial charge in [0.05, 0.1) is 11.8 Å². The highest BCUT2D eigenvalue weighted by Gasteiger charge is 2.38. The minimum absolute atomic E-state index is 0.0000942. The van der Waals surface area contributed by atoms with Gasteiger partial charge in [-0.1, -0.05) is 31.4 Å². The number of anilines is 2. The SMILES string of the molecule is Cc1cccc(N(C(=O)c2snc(C(=O)NC3CCCCC3)c2N)[C@H](C(=O)NC[C@H]2CCCO2)c2ccc(C)o2)c1. The number of furan rings is 1. The fourth-order valence-electron chi connectivity index (χ4n) is 5.48. The Bertz CT molecular complexity index is 1390. The highest BCUT2D eigenvalue weighted by Crippen LogP contribution is 2.34. The largest absolute Gasteiger partial charge is 0.464 e. The number of amides is 3. The van der Waals surface area contributed by atoms with Crippen molar-refractivity contribution in [3.8, 4) is 0 Å². The smallest absolute Gasteiger partial charge is 0.273 e. The molecule has 4 N–H and O–H groups in total. The number of carbonyl (C=O) groups excluding carboxylic acids is 3. The molecule has 0 radical (unpaired) electrons. The summed E-state index contributed by atoms with van der Waals surface area (Å²) < 4.78 is 15.9. The summed E-state index contributed by atoms with van der Waals surface area (Å²) in [6, 6.07) is 9.68. The Kier molecular flexibility index (Phi) is 9.04. The summed E-state index contributed by atoms with van der Waals surface area (Å²) >= 11 is 0.856. The number of aromatic nitrogens is 1. The average molecular weight is 580 g/mol. The van der Waals surface area contributed by atoms with Gasteiger partial charge in [-0.15, -0.1) is 0 Å². The van der Waals surface area contributed by atoms with Crippen LogP contribution in [0.3, 0.4) is 0 Å².